The monoisotopic (exact) mass is 396 g/mol. The van der Waals surface area contributed by atoms with E-state index in [2.05, 4.69) is 19.1 Å². The zero-order chi connectivity index (χ0) is 20.0. The summed E-state index contributed by atoms with van der Waals surface area (Å²) in [5.41, 5.74) is 1.22. The molecule has 0 spiro atoms. The first-order valence-corrected chi connectivity index (χ1v) is 10.2. The highest BCUT2D eigenvalue weighted by Gasteiger charge is 2.22. The van der Waals surface area contributed by atoms with Crippen molar-refractivity contribution in [3.63, 3.8) is 0 Å². The van der Waals surface area contributed by atoms with E-state index in [1.807, 2.05) is 12.1 Å². The van der Waals surface area contributed by atoms with E-state index in [0.29, 0.717) is 33.0 Å². The van der Waals surface area contributed by atoms with E-state index in [0.717, 1.165) is 24.7 Å². The molecule has 160 valence electrons. The maximum Gasteiger partial charge on any atom is 0.146 e. The summed E-state index contributed by atoms with van der Waals surface area (Å²) < 4.78 is 33.5. The smallest absolute Gasteiger partial charge is 0.146 e. The van der Waals surface area contributed by atoms with Crippen LogP contribution in [-0.4, -0.2) is 66.8 Å². The number of rotatable bonds is 17. The maximum absolute atomic E-state index is 5.94. The van der Waals surface area contributed by atoms with Crippen LogP contribution in [0.3, 0.4) is 0 Å². The van der Waals surface area contributed by atoms with Crippen molar-refractivity contribution in [2.45, 2.75) is 32.3 Å². The quantitative estimate of drug-likeness (QED) is 0.376. The van der Waals surface area contributed by atoms with E-state index in [-0.39, 0.29) is 18.8 Å². The molecule has 2 rings (SSSR count). The minimum atomic E-state index is -0.125. The third-order valence-corrected chi connectivity index (χ3v) is 4.67. The summed E-state index contributed by atoms with van der Waals surface area (Å²) in [5.74, 6) is 1.86. The predicted octanol–water partition coefficient (Wildman–Crippen LogP) is 3.46. The van der Waals surface area contributed by atoms with Crippen LogP contribution >= 0.6 is 0 Å². The SMILES string of the molecule is COCCC(COCC(COCC1CC1)OCOC)COc1ccc(C)cc1. The average molecular weight is 397 g/mol. The second-order valence-electron chi connectivity index (χ2n) is 7.49. The molecule has 0 aliphatic heterocycles. The second kappa shape index (κ2) is 13.9. The van der Waals surface area contributed by atoms with Crippen LogP contribution in [-0.2, 0) is 23.7 Å². The zero-order valence-corrected chi connectivity index (χ0v) is 17.6. The summed E-state index contributed by atoms with van der Waals surface area (Å²) >= 11 is 0. The molecule has 0 radical (unpaired) electrons. The first-order chi connectivity index (χ1) is 13.7. The third-order valence-electron chi connectivity index (χ3n) is 4.67. The van der Waals surface area contributed by atoms with Crippen LogP contribution < -0.4 is 4.74 Å². The lowest BCUT2D eigenvalue weighted by Crippen LogP contribution is -2.29. The lowest BCUT2D eigenvalue weighted by molar-refractivity contribution is -0.124. The number of aryl methyl sites for hydroxylation is 1. The van der Waals surface area contributed by atoms with Gasteiger partial charge in [-0.1, -0.05) is 17.7 Å². The second-order valence-corrected chi connectivity index (χ2v) is 7.49. The molecule has 0 bridgehead atoms. The van der Waals surface area contributed by atoms with Crippen LogP contribution in [0.25, 0.3) is 0 Å². The summed E-state index contributed by atoms with van der Waals surface area (Å²) in [6, 6.07) is 8.09. The van der Waals surface area contributed by atoms with Gasteiger partial charge in [0.15, 0.2) is 0 Å². The topological polar surface area (TPSA) is 55.4 Å². The molecule has 1 aliphatic carbocycles. The molecule has 1 saturated carbocycles. The van der Waals surface area contributed by atoms with E-state index >= 15 is 0 Å². The van der Waals surface area contributed by atoms with E-state index in [4.69, 9.17) is 28.4 Å². The summed E-state index contributed by atoms with van der Waals surface area (Å²) in [5, 5.41) is 0. The van der Waals surface area contributed by atoms with Crippen LogP contribution in [0.5, 0.6) is 5.75 Å². The molecule has 0 amide bonds. The minimum Gasteiger partial charge on any atom is -0.493 e. The fourth-order valence-electron chi connectivity index (χ4n) is 2.67. The number of hydrogen-bond acceptors (Lipinski definition) is 6. The Morgan fingerprint density at radius 2 is 1.68 bits per heavy atom. The Morgan fingerprint density at radius 1 is 0.929 bits per heavy atom. The summed E-state index contributed by atoms with van der Waals surface area (Å²) in [7, 11) is 3.33. The van der Waals surface area contributed by atoms with Crippen LogP contribution in [0, 0.1) is 18.8 Å². The van der Waals surface area contributed by atoms with E-state index in [1.54, 1.807) is 14.2 Å². The average Bonchev–Trinajstić information content (AvgIpc) is 3.53. The number of benzene rings is 1. The lowest BCUT2D eigenvalue weighted by atomic mass is 10.1. The Morgan fingerprint density at radius 3 is 2.36 bits per heavy atom. The highest BCUT2D eigenvalue weighted by Crippen LogP contribution is 2.28. The molecular formula is C22H36O6. The lowest BCUT2D eigenvalue weighted by Gasteiger charge is -2.21. The van der Waals surface area contributed by atoms with Gasteiger partial charge in [-0.2, -0.15) is 0 Å². The van der Waals surface area contributed by atoms with Crippen LogP contribution in [0.4, 0.5) is 0 Å². The van der Waals surface area contributed by atoms with Crippen molar-refractivity contribution in [1.29, 1.82) is 0 Å². The van der Waals surface area contributed by atoms with Crippen molar-refractivity contribution in [2.24, 2.45) is 11.8 Å². The number of hydrogen-bond donors (Lipinski definition) is 0. The molecule has 2 atom stereocenters. The predicted molar refractivity (Wildman–Crippen MR) is 108 cm³/mol. The fraction of sp³-hybridized carbons (Fsp3) is 0.727. The Hall–Kier alpha value is -1.18. The van der Waals surface area contributed by atoms with Gasteiger partial charge in [-0.05, 0) is 44.2 Å². The molecule has 1 aromatic carbocycles. The van der Waals surface area contributed by atoms with E-state index in [1.165, 1.54) is 18.4 Å². The first-order valence-electron chi connectivity index (χ1n) is 10.2. The molecular weight excluding hydrogens is 360 g/mol. The van der Waals surface area contributed by atoms with Gasteiger partial charge in [0, 0.05) is 33.4 Å². The van der Waals surface area contributed by atoms with Gasteiger partial charge in [-0.3, -0.25) is 0 Å². The highest BCUT2D eigenvalue weighted by atomic mass is 16.7. The maximum atomic E-state index is 5.94. The molecule has 2 unspecified atom stereocenters. The normalized spacial score (nSPS) is 16.1. The van der Waals surface area contributed by atoms with E-state index < -0.39 is 0 Å². The molecule has 6 heteroatoms. The highest BCUT2D eigenvalue weighted by molar-refractivity contribution is 5.26. The first kappa shape index (κ1) is 23.1. The Bertz CT molecular complexity index is 502. The largest absolute Gasteiger partial charge is 0.493 e. The molecule has 1 aliphatic rings. The molecule has 6 nitrogen and oxygen atoms in total. The molecule has 1 aromatic rings. The van der Waals surface area contributed by atoms with Crippen LogP contribution in [0.1, 0.15) is 24.8 Å². The van der Waals surface area contributed by atoms with Crippen molar-refractivity contribution < 1.29 is 28.4 Å². The van der Waals surface area contributed by atoms with Crippen LogP contribution in [0.2, 0.25) is 0 Å². The van der Waals surface area contributed by atoms with Gasteiger partial charge in [0.05, 0.1) is 26.4 Å². The van der Waals surface area contributed by atoms with Gasteiger partial charge in [0.2, 0.25) is 0 Å². The Balaban J connectivity index is 1.70. The molecule has 0 aromatic heterocycles. The molecule has 0 saturated heterocycles. The van der Waals surface area contributed by atoms with Gasteiger partial charge in [0.1, 0.15) is 18.6 Å². The third kappa shape index (κ3) is 10.4. The van der Waals surface area contributed by atoms with Crippen molar-refractivity contribution in [2.75, 3.05) is 60.7 Å². The zero-order valence-electron chi connectivity index (χ0n) is 17.6. The van der Waals surface area contributed by atoms with Gasteiger partial charge >= 0.3 is 0 Å². The van der Waals surface area contributed by atoms with Crippen molar-refractivity contribution >= 4 is 0 Å². The fourth-order valence-corrected chi connectivity index (χ4v) is 2.67. The van der Waals surface area contributed by atoms with Gasteiger partial charge in [-0.15, -0.1) is 0 Å². The Labute approximate surface area is 169 Å². The summed E-state index contributed by atoms with van der Waals surface area (Å²) in [6.07, 6.45) is 3.31. The van der Waals surface area contributed by atoms with E-state index in [9.17, 15) is 0 Å². The Kier molecular flexibility index (Phi) is 11.5. The summed E-state index contributed by atoms with van der Waals surface area (Å²) in [4.78, 5) is 0. The minimum absolute atomic E-state index is 0.125. The molecule has 0 N–H and O–H groups in total. The number of ether oxygens (including phenoxy) is 6. The van der Waals surface area contributed by atoms with Crippen LogP contribution in [0.15, 0.2) is 24.3 Å². The standard InChI is InChI=1S/C22H36O6/c1-18-4-8-21(9-5-18)27-14-20(10-11-23-2)13-26-16-22(28-17-24-3)15-25-12-19-6-7-19/h4-5,8-9,19-20,22H,6-7,10-17H2,1-3H3. The van der Waals surface area contributed by atoms with Crippen molar-refractivity contribution in [1.82, 2.24) is 0 Å². The van der Waals surface area contributed by atoms with Crippen molar-refractivity contribution in [3.05, 3.63) is 29.8 Å². The van der Waals surface area contributed by atoms with Crippen molar-refractivity contribution in [3.8, 4) is 5.75 Å². The van der Waals surface area contributed by atoms with Gasteiger partial charge < -0.3 is 28.4 Å². The molecule has 1 fully saturated rings. The molecule has 0 heterocycles. The van der Waals surface area contributed by atoms with Gasteiger partial charge in [0.25, 0.3) is 0 Å². The number of methoxy groups -OCH3 is 2. The summed E-state index contributed by atoms with van der Waals surface area (Å²) in [6.45, 7) is 5.98. The van der Waals surface area contributed by atoms with Gasteiger partial charge in [-0.25, -0.2) is 0 Å². The molecule has 28 heavy (non-hydrogen) atoms.